The van der Waals surface area contributed by atoms with Gasteiger partial charge in [-0.25, -0.2) is 10.4 Å². The molecule has 96 valence electrons. The third kappa shape index (κ3) is 2.07. The zero-order chi connectivity index (χ0) is 13.2. The first-order valence-electron chi connectivity index (χ1n) is 5.93. The summed E-state index contributed by atoms with van der Waals surface area (Å²) < 4.78 is 1.94. The lowest BCUT2D eigenvalue weighted by molar-refractivity contribution is 0.580. The monoisotopic (exact) mass is 254 g/mol. The van der Waals surface area contributed by atoms with E-state index in [0.717, 1.165) is 22.4 Å². The third-order valence-corrected chi connectivity index (χ3v) is 3.11. The standard InChI is InChI=1S/C13H14N6/c1-19-7-6-17-13(19)12(18-14)9-2-3-10-11(8-9)16-5-4-15-10/h2-8,12,18H,14H2,1H3. The van der Waals surface area contributed by atoms with Crippen molar-refractivity contribution in [1.29, 1.82) is 0 Å². The molecule has 2 aromatic heterocycles. The Morgan fingerprint density at radius 1 is 1.11 bits per heavy atom. The zero-order valence-corrected chi connectivity index (χ0v) is 10.5. The number of hydrazine groups is 1. The van der Waals surface area contributed by atoms with Gasteiger partial charge in [0.05, 0.1) is 11.0 Å². The van der Waals surface area contributed by atoms with Crippen molar-refractivity contribution < 1.29 is 0 Å². The first-order valence-corrected chi connectivity index (χ1v) is 5.93. The van der Waals surface area contributed by atoms with E-state index in [2.05, 4.69) is 20.4 Å². The molecule has 1 atom stereocenters. The number of aromatic nitrogens is 4. The number of rotatable bonds is 3. The minimum atomic E-state index is -0.175. The number of benzene rings is 1. The molecule has 1 aromatic carbocycles. The quantitative estimate of drug-likeness (QED) is 0.536. The SMILES string of the molecule is Cn1ccnc1C(NN)c1ccc2nccnc2c1. The van der Waals surface area contributed by atoms with Gasteiger partial charge in [0.2, 0.25) is 0 Å². The lowest BCUT2D eigenvalue weighted by Gasteiger charge is -2.16. The maximum absolute atomic E-state index is 5.67. The molecule has 1 unspecified atom stereocenters. The van der Waals surface area contributed by atoms with Crippen LogP contribution in [0.3, 0.4) is 0 Å². The molecule has 0 radical (unpaired) electrons. The van der Waals surface area contributed by atoms with Crippen molar-refractivity contribution >= 4 is 11.0 Å². The number of aryl methyl sites for hydroxylation is 1. The smallest absolute Gasteiger partial charge is 0.131 e. The van der Waals surface area contributed by atoms with Crippen LogP contribution in [0, 0.1) is 0 Å². The van der Waals surface area contributed by atoms with E-state index >= 15 is 0 Å². The number of hydrogen-bond acceptors (Lipinski definition) is 5. The summed E-state index contributed by atoms with van der Waals surface area (Å²) in [5, 5.41) is 0. The first kappa shape index (κ1) is 11.8. The van der Waals surface area contributed by atoms with Crippen LogP contribution in [-0.2, 0) is 7.05 Å². The van der Waals surface area contributed by atoms with Crippen molar-refractivity contribution in [2.24, 2.45) is 12.9 Å². The van der Waals surface area contributed by atoms with Gasteiger partial charge in [-0.15, -0.1) is 0 Å². The Kier molecular flexibility index (Phi) is 2.94. The molecule has 3 aromatic rings. The predicted octanol–water partition coefficient (Wildman–Crippen LogP) is 0.916. The lowest BCUT2D eigenvalue weighted by atomic mass is 10.1. The van der Waals surface area contributed by atoms with E-state index in [-0.39, 0.29) is 6.04 Å². The van der Waals surface area contributed by atoms with Crippen molar-refractivity contribution in [3.63, 3.8) is 0 Å². The van der Waals surface area contributed by atoms with Crippen LogP contribution in [0.1, 0.15) is 17.4 Å². The Hall–Kier alpha value is -2.31. The van der Waals surface area contributed by atoms with Crippen LogP contribution in [0.4, 0.5) is 0 Å². The minimum absolute atomic E-state index is 0.175. The molecular weight excluding hydrogens is 240 g/mol. The molecule has 0 bridgehead atoms. The largest absolute Gasteiger partial charge is 0.336 e. The zero-order valence-electron chi connectivity index (χ0n) is 10.5. The molecular formula is C13H14N6. The van der Waals surface area contributed by atoms with Crippen molar-refractivity contribution in [3.8, 4) is 0 Å². The summed E-state index contributed by atoms with van der Waals surface area (Å²) in [7, 11) is 1.94. The summed E-state index contributed by atoms with van der Waals surface area (Å²) >= 11 is 0. The average molecular weight is 254 g/mol. The van der Waals surface area contributed by atoms with Crippen LogP contribution < -0.4 is 11.3 Å². The number of nitrogens with two attached hydrogens (primary N) is 1. The van der Waals surface area contributed by atoms with Crippen LogP contribution in [0.2, 0.25) is 0 Å². The Bertz CT molecular complexity index is 705. The van der Waals surface area contributed by atoms with E-state index in [0.29, 0.717) is 0 Å². The second-order valence-electron chi connectivity index (χ2n) is 4.30. The number of nitrogens with zero attached hydrogens (tertiary/aromatic N) is 4. The summed E-state index contributed by atoms with van der Waals surface area (Å²) in [5.74, 6) is 6.52. The molecule has 0 fully saturated rings. The number of nitrogens with one attached hydrogen (secondary N) is 1. The van der Waals surface area contributed by atoms with Crippen molar-refractivity contribution in [1.82, 2.24) is 24.9 Å². The predicted molar refractivity (Wildman–Crippen MR) is 71.9 cm³/mol. The highest BCUT2D eigenvalue weighted by molar-refractivity contribution is 5.74. The summed E-state index contributed by atoms with van der Waals surface area (Å²) in [6, 6.07) is 5.72. The van der Waals surface area contributed by atoms with Gasteiger partial charge in [0.15, 0.2) is 0 Å². The van der Waals surface area contributed by atoms with Crippen molar-refractivity contribution in [2.75, 3.05) is 0 Å². The molecule has 0 aliphatic heterocycles. The average Bonchev–Trinajstić information content (AvgIpc) is 2.86. The van der Waals surface area contributed by atoms with E-state index in [1.165, 1.54) is 0 Å². The van der Waals surface area contributed by atoms with Gasteiger partial charge < -0.3 is 4.57 Å². The molecule has 2 heterocycles. The molecule has 0 saturated carbocycles. The molecule has 3 rings (SSSR count). The maximum Gasteiger partial charge on any atom is 0.131 e. The molecule has 0 spiro atoms. The molecule has 0 aliphatic rings. The molecule has 0 aliphatic carbocycles. The fourth-order valence-electron chi connectivity index (χ4n) is 2.13. The van der Waals surface area contributed by atoms with Gasteiger partial charge in [0.25, 0.3) is 0 Å². The summed E-state index contributed by atoms with van der Waals surface area (Å²) in [4.78, 5) is 12.9. The summed E-state index contributed by atoms with van der Waals surface area (Å²) in [5.41, 5.74) is 5.50. The topological polar surface area (TPSA) is 81.7 Å². The van der Waals surface area contributed by atoms with Gasteiger partial charge in [0, 0.05) is 31.8 Å². The van der Waals surface area contributed by atoms with E-state index in [1.807, 2.05) is 36.0 Å². The summed E-state index contributed by atoms with van der Waals surface area (Å²) in [6.07, 6.45) is 7.00. The van der Waals surface area contributed by atoms with Crippen molar-refractivity contribution in [2.45, 2.75) is 6.04 Å². The second-order valence-corrected chi connectivity index (χ2v) is 4.30. The van der Waals surface area contributed by atoms with E-state index in [1.54, 1.807) is 18.6 Å². The number of imidazole rings is 1. The minimum Gasteiger partial charge on any atom is -0.336 e. The van der Waals surface area contributed by atoms with Crippen LogP contribution >= 0.6 is 0 Å². The Labute approximate surface area is 110 Å². The van der Waals surface area contributed by atoms with Crippen LogP contribution in [0.5, 0.6) is 0 Å². The maximum atomic E-state index is 5.67. The molecule has 6 nitrogen and oxygen atoms in total. The van der Waals surface area contributed by atoms with Gasteiger partial charge in [-0.1, -0.05) is 6.07 Å². The molecule has 0 amide bonds. The van der Waals surface area contributed by atoms with Gasteiger partial charge in [0.1, 0.15) is 11.9 Å². The fourth-order valence-corrected chi connectivity index (χ4v) is 2.13. The lowest BCUT2D eigenvalue weighted by Crippen LogP contribution is -2.30. The van der Waals surface area contributed by atoms with Crippen LogP contribution in [0.25, 0.3) is 11.0 Å². The molecule has 0 saturated heterocycles. The fraction of sp³-hybridized carbons (Fsp3) is 0.154. The number of fused-ring (bicyclic) bond motifs is 1. The highest BCUT2D eigenvalue weighted by Crippen LogP contribution is 2.22. The highest BCUT2D eigenvalue weighted by atomic mass is 15.3. The van der Waals surface area contributed by atoms with E-state index in [4.69, 9.17) is 5.84 Å². The first-order chi connectivity index (χ1) is 9.29. The Morgan fingerprint density at radius 2 is 1.89 bits per heavy atom. The van der Waals surface area contributed by atoms with E-state index in [9.17, 15) is 0 Å². The normalized spacial score (nSPS) is 12.7. The third-order valence-electron chi connectivity index (χ3n) is 3.11. The second kappa shape index (κ2) is 4.75. The van der Waals surface area contributed by atoms with Gasteiger partial charge in [-0.3, -0.25) is 15.8 Å². The van der Waals surface area contributed by atoms with E-state index < -0.39 is 0 Å². The van der Waals surface area contributed by atoms with Crippen LogP contribution in [-0.4, -0.2) is 19.5 Å². The van der Waals surface area contributed by atoms with Crippen molar-refractivity contribution in [3.05, 3.63) is 54.4 Å². The van der Waals surface area contributed by atoms with Gasteiger partial charge in [-0.05, 0) is 17.7 Å². The highest BCUT2D eigenvalue weighted by Gasteiger charge is 2.17. The molecule has 19 heavy (non-hydrogen) atoms. The molecule has 6 heteroatoms. The Balaban J connectivity index is 2.09. The van der Waals surface area contributed by atoms with Crippen LogP contribution in [0.15, 0.2) is 43.0 Å². The van der Waals surface area contributed by atoms with Gasteiger partial charge in [-0.2, -0.15) is 0 Å². The number of hydrogen-bond donors (Lipinski definition) is 2. The molecule has 3 N–H and O–H groups in total. The van der Waals surface area contributed by atoms with Gasteiger partial charge >= 0.3 is 0 Å². The summed E-state index contributed by atoms with van der Waals surface area (Å²) in [6.45, 7) is 0. The Morgan fingerprint density at radius 3 is 2.58 bits per heavy atom.